The zero-order valence-corrected chi connectivity index (χ0v) is 20.0. The van der Waals surface area contributed by atoms with Crippen molar-refractivity contribution >= 4 is 44.6 Å². The molecule has 2 amide bonds. The van der Waals surface area contributed by atoms with Gasteiger partial charge in [0.1, 0.15) is 0 Å². The number of rotatable bonds is 5. The first kappa shape index (κ1) is 22.4. The van der Waals surface area contributed by atoms with E-state index >= 15 is 0 Å². The molecule has 0 atom stereocenters. The Kier molecular flexibility index (Phi) is 5.52. The fourth-order valence-electron chi connectivity index (χ4n) is 6.41. The molecule has 6 rings (SSSR count). The van der Waals surface area contributed by atoms with Crippen molar-refractivity contribution in [3.8, 4) is 0 Å². The molecule has 0 saturated heterocycles. The number of amides is 2. The molecule has 4 saturated carbocycles. The maximum absolute atomic E-state index is 13.3. The van der Waals surface area contributed by atoms with Crippen LogP contribution in [0.1, 0.15) is 48.9 Å². The fraction of sp³-hybridized carbons (Fsp3) is 0.440. The number of carbonyl (C=O) groups excluding carboxylic acids is 2. The molecule has 2 N–H and O–H groups in total. The monoisotopic (exact) mass is 486 g/mol. The maximum atomic E-state index is 13.3. The average molecular weight is 487 g/mol. The molecular weight excluding hydrogens is 460 g/mol. The van der Waals surface area contributed by atoms with Crippen LogP contribution >= 0.6 is 11.6 Å². The largest absolute Gasteiger partial charge is 0.326 e. The van der Waals surface area contributed by atoms with Crippen molar-refractivity contribution in [3.05, 3.63) is 53.1 Å². The summed E-state index contributed by atoms with van der Waals surface area (Å²) in [5.41, 5.74) is 0.962. The molecule has 2 aromatic carbocycles. The highest BCUT2D eigenvalue weighted by Crippen LogP contribution is 2.60. The van der Waals surface area contributed by atoms with Crippen LogP contribution in [-0.2, 0) is 14.6 Å². The lowest BCUT2D eigenvalue weighted by atomic mass is 9.49. The number of halogens is 1. The summed E-state index contributed by atoms with van der Waals surface area (Å²) in [5, 5.41) is 6.09. The van der Waals surface area contributed by atoms with Crippen LogP contribution in [0.3, 0.4) is 0 Å². The molecule has 0 aliphatic heterocycles. The smallest absolute Gasteiger partial charge is 0.255 e. The van der Waals surface area contributed by atoms with Crippen LogP contribution in [-0.4, -0.2) is 26.5 Å². The van der Waals surface area contributed by atoms with Gasteiger partial charge in [-0.2, -0.15) is 0 Å². The van der Waals surface area contributed by atoms with Gasteiger partial charge in [-0.1, -0.05) is 17.7 Å². The first-order valence-electron chi connectivity index (χ1n) is 11.3. The van der Waals surface area contributed by atoms with E-state index in [-0.39, 0.29) is 21.8 Å². The van der Waals surface area contributed by atoms with Gasteiger partial charge in [-0.15, -0.1) is 0 Å². The standard InChI is InChI=1S/C25H27ClN2O4S/c1-33(31,32)20-4-2-3-18(10-20)23(29)28-22-6-5-19(11-21(22)26)27-24(30)25-12-15-7-16(13-25)9-17(8-15)14-25/h2-6,10-11,15-17H,7-9,12-14H2,1H3,(H,27,30)(H,28,29). The van der Waals surface area contributed by atoms with E-state index in [4.69, 9.17) is 11.6 Å². The topological polar surface area (TPSA) is 92.3 Å². The second kappa shape index (κ2) is 8.13. The Morgan fingerprint density at radius 1 is 0.939 bits per heavy atom. The third kappa shape index (κ3) is 4.41. The molecular formula is C25H27ClN2O4S. The predicted molar refractivity (Wildman–Crippen MR) is 128 cm³/mol. The quantitative estimate of drug-likeness (QED) is 0.611. The minimum absolute atomic E-state index is 0.0731. The summed E-state index contributed by atoms with van der Waals surface area (Å²) in [4.78, 5) is 26.0. The summed E-state index contributed by atoms with van der Waals surface area (Å²) >= 11 is 6.41. The van der Waals surface area contributed by atoms with Gasteiger partial charge in [0.05, 0.1) is 21.0 Å². The van der Waals surface area contributed by atoms with Gasteiger partial charge in [-0.3, -0.25) is 9.59 Å². The Balaban J connectivity index is 1.28. The van der Waals surface area contributed by atoms with Crippen LogP contribution in [0.4, 0.5) is 11.4 Å². The molecule has 2 aromatic rings. The van der Waals surface area contributed by atoms with Gasteiger partial charge in [-0.25, -0.2) is 8.42 Å². The molecule has 4 fully saturated rings. The highest BCUT2D eigenvalue weighted by atomic mass is 35.5. The van der Waals surface area contributed by atoms with Crippen molar-refractivity contribution in [3.63, 3.8) is 0 Å². The zero-order chi connectivity index (χ0) is 23.4. The van der Waals surface area contributed by atoms with Gasteiger partial charge in [0.2, 0.25) is 5.91 Å². The first-order valence-corrected chi connectivity index (χ1v) is 13.6. The van der Waals surface area contributed by atoms with E-state index in [0.29, 0.717) is 34.2 Å². The Hall–Kier alpha value is -2.38. The lowest BCUT2D eigenvalue weighted by Gasteiger charge is -2.55. The van der Waals surface area contributed by atoms with Crippen molar-refractivity contribution in [1.82, 2.24) is 0 Å². The Morgan fingerprint density at radius 3 is 2.15 bits per heavy atom. The molecule has 33 heavy (non-hydrogen) atoms. The summed E-state index contributed by atoms with van der Waals surface area (Å²) in [6.07, 6.45) is 7.88. The van der Waals surface area contributed by atoms with Crippen LogP contribution in [0.15, 0.2) is 47.4 Å². The lowest BCUT2D eigenvalue weighted by Crippen LogP contribution is -2.51. The van der Waals surface area contributed by atoms with E-state index in [0.717, 1.165) is 25.5 Å². The van der Waals surface area contributed by atoms with Gasteiger partial charge in [0.15, 0.2) is 9.84 Å². The molecule has 174 valence electrons. The van der Waals surface area contributed by atoms with Gasteiger partial charge in [0, 0.05) is 17.5 Å². The molecule has 4 bridgehead atoms. The van der Waals surface area contributed by atoms with Gasteiger partial charge >= 0.3 is 0 Å². The molecule has 0 radical (unpaired) electrons. The molecule has 0 heterocycles. The third-order valence-electron chi connectivity index (χ3n) is 7.52. The van der Waals surface area contributed by atoms with E-state index in [1.54, 1.807) is 18.2 Å². The molecule has 6 nitrogen and oxygen atoms in total. The molecule has 0 unspecified atom stereocenters. The number of hydrogen-bond acceptors (Lipinski definition) is 4. The Morgan fingerprint density at radius 2 is 1.58 bits per heavy atom. The second-order valence-electron chi connectivity index (χ2n) is 10.1. The summed E-state index contributed by atoms with van der Waals surface area (Å²) in [6.45, 7) is 0. The number of anilines is 2. The van der Waals surface area contributed by atoms with Crippen molar-refractivity contribution in [1.29, 1.82) is 0 Å². The summed E-state index contributed by atoms with van der Waals surface area (Å²) in [5.74, 6) is 1.68. The third-order valence-corrected chi connectivity index (χ3v) is 8.94. The first-order chi connectivity index (χ1) is 15.6. The summed E-state index contributed by atoms with van der Waals surface area (Å²) < 4.78 is 23.5. The number of benzene rings is 2. The SMILES string of the molecule is CS(=O)(=O)c1cccc(C(=O)Nc2ccc(NC(=O)C34CC5CC(CC(C5)C3)C4)cc2Cl)c1. The molecule has 8 heteroatoms. The minimum Gasteiger partial charge on any atom is -0.326 e. The zero-order valence-electron chi connectivity index (χ0n) is 18.4. The van der Waals surface area contributed by atoms with Gasteiger partial charge in [-0.05, 0) is 92.7 Å². The number of sulfone groups is 1. The van der Waals surface area contributed by atoms with Crippen LogP contribution in [0, 0.1) is 23.2 Å². The number of carbonyl (C=O) groups is 2. The average Bonchev–Trinajstić information content (AvgIpc) is 2.74. The predicted octanol–water partition coefficient (Wildman–Crippen LogP) is 5.15. The summed E-state index contributed by atoms with van der Waals surface area (Å²) in [6, 6.07) is 10.9. The normalized spacial score (nSPS) is 27.9. The Bertz CT molecular complexity index is 1210. The Labute approximate surface area is 199 Å². The van der Waals surface area contributed by atoms with Gasteiger partial charge in [0.25, 0.3) is 5.91 Å². The maximum Gasteiger partial charge on any atom is 0.255 e. The summed E-state index contributed by atoms with van der Waals surface area (Å²) in [7, 11) is -3.42. The van der Waals surface area contributed by atoms with Crippen molar-refractivity contribution in [2.45, 2.75) is 43.4 Å². The van der Waals surface area contributed by atoms with Crippen LogP contribution < -0.4 is 10.6 Å². The van der Waals surface area contributed by atoms with Crippen LogP contribution in [0.5, 0.6) is 0 Å². The van der Waals surface area contributed by atoms with Gasteiger partial charge < -0.3 is 10.6 Å². The molecule has 4 aliphatic carbocycles. The van der Waals surface area contributed by atoms with Crippen molar-refractivity contribution in [2.24, 2.45) is 23.2 Å². The minimum atomic E-state index is -3.42. The molecule has 0 spiro atoms. The van der Waals surface area contributed by atoms with Crippen molar-refractivity contribution < 1.29 is 18.0 Å². The second-order valence-corrected chi connectivity index (χ2v) is 12.5. The van der Waals surface area contributed by atoms with E-state index in [1.165, 1.54) is 43.5 Å². The molecule has 4 aliphatic rings. The van der Waals surface area contributed by atoms with E-state index in [1.807, 2.05) is 0 Å². The van der Waals surface area contributed by atoms with E-state index in [9.17, 15) is 18.0 Å². The highest BCUT2D eigenvalue weighted by molar-refractivity contribution is 7.90. The highest BCUT2D eigenvalue weighted by Gasteiger charge is 2.54. The van der Waals surface area contributed by atoms with Crippen molar-refractivity contribution in [2.75, 3.05) is 16.9 Å². The van der Waals surface area contributed by atoms with E-state index in [2.05, 4.69) is 10.6 Å². The molecule has 0 aromatic heterocycles. The van der Waals surface area contributed by atoms with Crippen LogP contribution in [0.2, 0.25) is 5.02 Å². The van der Waals surface area contributed by atoms with E-state index < -0.39 is 15.7 Å². The lowest BCUT2D eigenvalue weighted by molar-refractivity contribution is -0.140. The number of nitrogens with one attached hydrogen (secondary N) is 2. The number of hydrogen-bond donors (Lipinski definition) is 2. The van der Waals surface area contributed by atoms with Crippen LogP contribution in [0.25, 0.3) is 0 Å². The fourth-order valence-corrected chi connectivity index (χ4v) is 7.30.